The molecule has 1 aromatic carbocycles. The van der Waals surface area contributed by atoms with Crippen molar-refractivity contribution in [1.82, 2.24) is 14.9 Å². The quantitative estimate of drug-likeness (QED) is 0.209. The van der Waals surface area contributed by atoms with Gasteiger partial charge in [-0.15, -0.1) is 11.3 Å². The highest BCUT2D eigenvalue weighted by Crippen LogP contribution is 2.33. The molecule has 1 amide bonds. The van der Waals surface area contributed by atoms with Crippen LogP contribution in [0.1, 0.15) is 93.5 Å². The normalized spacial score (nSPS) is 15.5. The molecule has 5 rings (SSSR count). The summed E-state index contributed by atoms with van der Waals surface area (Å²) in [5.74, 6) is 0.772. The maximum absolute atomic E-state index is 13.2. The molecule has 2 aromatic heterocycles. The number of allylic oxidation sites excluding steroid dienone is 2. The maximum Gasteiger partial charge on any atom is 0.253 e. The second-order valence-electron chi connectivity index (χ2n) is 12.7. The van der Waals surface area contributed by atoms with Gasteiger partial charge in [0.2, 0.25) is 0 Å². The molecule has 1 unspecified atom stereocenters. The minimum atomic E-state index is -0.340. The fourth-order valence-electron chi connectivity index (χ4n) is 5.04. The summed E-state index contributed by atoms with van der Waals surface area (Å²) in [5, 5.41) is 9.42. The van der Waals surface area contributed by atoms with E-state index in [4.69, 9.17) is 14.5 Å². The first-order chi connectivity index (χ1) is 21.5. The molecule has 2 fully saturated rings. The van der Waals surface area contributed by atoms with E-state index in [-0.39, 0.29) is 23.3 Å². The molecule has 3 heterocycles. The number of ether oxygens (including phenoxy) is 2. The summed E-state index contributed by atoms with van der Waals surface area (Å²) in [5.41, 5.74) is 5.99. The van der Waals surface area contributed by atoms with Crippen LogP contribution in [0, 0.1) is 5.92 Å². The van der Waals surface area contributed by atoms with E-state index in [0.29, 0.717) is 17.7 Å². The minimum Gasteiger partial charge on any atom is -0.382 e. The number of nitrogens with zero attached hydrogens (tertiary/aromatic N) is 2. The van der Waals surface area contributed by atoms with Gasteiger partial charge in [0.1, 0.15) is 0 Å². The highest BCUT2D eigenvalue weighted by Gasteiger charge is 2.26. The largest absolute Gasteiger partial charge is 0.382 e. The Morgan fingerprint density at radius 3 is 2.49 bits per heavy atom. The van der Waals surface area contributed by atoms with Crippen molar-refractivity contribution in [2.45, 2.75) is 78.8 Å². The molecule has 0 bridgehead atoms. The first-order valence-corrected chi connectivity index (χ1v) is 16.7. The van der Waals surface area contributed by atoms with E-state index in [1.54, 1.807) is 14.0 Å². The molecular formula is C36H48N4O4S. The number of aromatic nitrogens is 2. The van der Waals surface area contributed by atoms with E-state index in [0.717, 1.165) is 66.0 Å². The SMILES string of the molecule is C/C=C\c1ccc(-c2csc(NC(=C3CCC3)C(COC)NC(=O)c3ccn(C(C)(C)C)c3)n2)cc1C(C)=O.CCC1COC1. The molecule has 45 heavy (non-hydrogen) atoms. The van der Waals surface area contributed by atoms with Crippen LogP contribution in [0.15, 0.2) is 59.4 Å². The van der Waals surface area contributed by atoms with E-state index >= 15 is 0 Å². The number of carbonyl (C=O) groups excluding carboxylic acids is 2. The zero-order valence-corrected chi connectivity index (χ0v) is 28.6. The summed E-state index contributed by atoms with van der Waals surface area (Å²) in [6.07, 6.45) is 12.1. The highest BCUT2D eigenvalue weighted by atomic mass is 32.1. The Morgan fingerprint density at radius 2 is 1.98 bits per heavy atom. The van der Waals surface area contributed by atoms with Gasteiger partial charge in [0.15, 0.2) is 10.9 Å². The summed E-state index contributed by atoms with van der Waals surface area (Å²) < 4.78 is 12.5. The van der Waals surface area contributed by atoms with Crippen molar-refractivity contribution in [2.75, 3.05) is 32.2 Å². The highest BCUT2D eigenvalue weighted by molar-refractivity contribution is 7.14. The number of thiazole rings is 1. The molecule has 0 radical (unpaired) electrons. The number of hydrogen-bond donors (Lipinski definition) is 2. The Hall–Kier alpha value is -3.53. The number of amides is 1. The van der Waals surface area contributed by atoms with E-state index in [1.165, 1.54) is 23.3 Å². The number of nitrogens with one attached hydrogen (secondary N) is 2. The molecule has 1 saturated carbocycles. The Kier molecular flexibility index (Phi) is 11.9. The van der Waals surface area contributed by atoms with Crippen LogP contribution in [-0.4, -0.2) is 54.2 Å². The number of hydrogen-bond acceptors (Lipinski definition) is 7. The predicted molar refractivity (Wildman–Crippen MR) is 184 cm³/mol. The molecule has 3 aromatic rings. The number of rotatable bonds is 11. The van der Waals surface area contributed by atoms with Gasteiger partial charge in [0.25, 0.3) is 5.91 Å². The smallest absolute Gasteiger partial charge is 0.253 e. The van der Waals surface area contributed by atoms with Gasteiger partial charge in [-0.1, -0.05) is 31.2 Å². The van der Waals surface area contributed by atoms with Crippen LogP contribution in [-0.2, 0) is 15.0 Å². The van der Waals surface area contributed by atoms with Crippen LogP contribution >= 0.6 is 11.3 Å². The predicted octanol–water partition coefficient (Wildman–Crippen LogP) is 7.94. The summed E-state index contributed by atoms with van der Waals surface area (Å²) in [6, 6.07) is 7.35. The Morgan fingerprint density at radius 1 is 1.22 bits per heavy atom. The Bertz CT molecular complexity index is 1510. The van der Waals surface area contributed by atoms with Crippen molar-refractivity contribution < 1.29 is 19.1 Å². The van der Waals surface area contributed by atoms with Crippen molar-refractivity contribution >= 4 is 34.2 Å². The van der Waals surface area contributed by atoms with Gasteiger partial charge in [-0.05, 0) is 83.6 Å². The number of benzene rings is 1. The summed E-state index contributed by atoms with van der Waals surface area (Å²) in [4.78, 5) is 30.3. The molecular weight excluding hydrogens is 584 g/mol. The average Bonchev–Trinajstić information content (AvgIpc) is 3.62. The lowest BCUT2D eigenvalue weighted by molar-refractivity contribution is -0.0331. The van der Waals surface area contributed by atoms with Crippen molar-refractivity contribution in [3.05, 3.63) is 76.1 Å². The lowest BCUT2D eigenvalue weighted by atomic mass is 9.88. The Labute approximate surface area is 271 Å². The van der Waals surface area contributed by atoms with Gasteiger partial charge in [-0.2, -0.15) is 0 Å². The summed E-state index contributed by atoms with van der Waals surface area (Å²) >= 11 is 1.50. The van der Waals surface area contributed by atoms with Crippen molar-refractivity contribution in [3.8, 4) is 11.3 Å². The molecule has 1 saturated heterocycles. The van der Waals surface area contributed by atoms with E-state index in [1.807, 2.05) is 65.7 Å². The van der Waals surface area contributed by atoms with Crippen LogP contribution in [0.4, 0.5) is 5.13 Å². The third kappa shape index (κ3) is 9.02. The lowest BCUT2D eigenvalue weighted by Crippen LogP contribution is -2.42. The average molecular weight is 633 g/mol. The first-order valence-electron chi connectivity index (χ1n) is 15.8. The molecule has 8 nitrogen and oxygen atoms in total. The van der Waals surface area contributed by atoms with Gasteiger partial charge in [0, 0.05) is 53.2 Å². The van der Waals surface area contributed by atoms with Gasteiger partial charge >= 0.3 is 0 Å². The Balaban J connectivity index is 0.000000687. The third-order valence-corrected chi connectivity index (χ3v) is 8.92. The molecule has 242 valence electrons. The van der Waals surface area contributed by atoms with Gasteiger partial charge in [-0.3, -0.25) is 9.59 Å². The monoisotopic (exact) mass is 632 g/mol. The van der Waals surface area contributed by atoms with Gasteiger partial charge in [0.05, 0.1) is 37.1 Å². The van der Waals surface area contributed by atoms with Gasteiger partial charge < -0.3 is 24.7 Å². The van der Waals surface area contributed by atoms with Gasteiger partial charge in [-0.25, -0.2) is 4.98 Å². The fourth-order valence-corrected chi connectivity index (χ4v) is 5.77. The van der Waals surface area contributed by atoms with E-state index in [2.05, 4.69) is 38.3 Å². The standard InChI is InChI=1S/C31H38N4O3S.C5H10O/c1-7-9-21-12-13-23(16-25(21)20(2)36)27-19-39-30(33-27)34-28(22-10-8-11-22)26(18-38-6)32-29(37)24-14-15-35(17-24)31(3,4)5;1-2-5-3-6-4-5/h7,9,12-17,19,26H,8,10-11,18H2,1-6H3,(H,32,37)(H,33,34);5H,2-4H2,1H3/b9-7-;. The molecule has 1 aliphatic heterocycles. The molecule has 2 N–H and O–H groups in total. The van der Waals surface area contributed by atoms with Crippen LogP contribution in [0.5, 0.6) is 0 Å². The first kappa shape index (κ1) is 34.3. The molecule has 1 aliphatic carbocycles. The topological polar surface area (TPSA) is 94.5 Å². The number of Topliss-reactive ketones (excluding diaryl/α,β-unsaturated/α-hetero) is 1. The zero-order valence-electron chi connectivity index (χ0n) is 27.7. The summed E-state index contributed by atoms with van der Waals surface area (Å²) in [7, 11) is 1.64. The molecule has 9 heteroatoms. The molecule has 1 atom stereocenters. The number of carbonyl (C=O) groups is 2. The second-order valence-corrected chi connectivity index (χ2v) is 13.5. The molecule has 2 aliphatic rings. The van der Waals surface area contributed by atoms with Crippen LogP contribution in [0.25, 0.3) is 17.3 Å². The molecule has 0 spiro atoms. The van der Waals surface area contributed by atoms with Crippen LogP contribution in [0.3, 0.4) is 0 Å². The summed E-state index contributed by atoms with van der Waals surface area (Å²) in [6.45, 7) is 14.4. The van der Waals surface area contributed by atoms with Crippen LogP contribution < -0.4 is 10.6 Å². The van der Waals surface area contributed by atoms with Crippen molar-refractivity contribution in [3.63, 3.8) is 0 Å². The lowest BCUT2D eigenvalue weighted by Gasteiger charge is -2.29. The second kappa shape index (κ2) is 15.7. The van der Waals surface area contributed by atoms with E-state index < -0.39 is 0 Å². The van der Waals surface area contributed by atoms with Crippen molar-refractivity contribution in [2.24, 2.45) is 5.92 Å². The van der Waals surface area contributed by atoms with E-state index in [9.17, 15) is 9.59 Å². The maximum atomic E-state index is 13.2. The fraction of sp³-hybridized carbons (Fsp3) is 0.472. The number of methoxy groups -OCH3 is 1. The number of anilines is 1. The zero-order chi connectivity index (χ0) is 32.6. The van der Waals surface area contributed by atoms with Crippen molar-refractivity contribution in [1.29, 1.82) is 0 Å². The third-order valence-electron chi connectivity index (χ3n) is 8.16. The number of ketones is 1. The van der Waals surface area contributed by atoms with Crippen LogP contribution in [0.2, 0.25) is 0 Å². The minimum absolute atomic E-state index is 0.0199.